The van der Waals surface area contributed by atoms with Gasteiger partial charge in [-0.15, -0.1) is 0 Å². The number of allylic oxidation sites excluding steroid dienone is 1. The molecule has 0 bridgehead atoms. The molecule has 1 fully saturated rings. The lowest BCUT2D eigenvalue weighted by molar-refractivity contribution is -0.129. The zero-order valence-electron chi connectivity index (χ0n) is 22.3. The normalized spacial score (nSPS) is 16.8. The number of likely N-dealkylation sites (tertiary alicyclic amines) is 1. The van der Waals surface area contributed by atoms with E-state index in [1.54, 1.807) is 44.2 Å². The lowest BCUT2D eigenvalue weighted by Crippen LogP contribution is -2.39. The number of carbonyl (C=O) groups excluding carboxylic acids is 1. The molecule has 2 aromatic carbocycles. The molecule has 0 saturated carbocycles. The largest absolute Gasteiger partial charge is 0.457 e. The van der Waals surface area contributed by atoms with E-state index in [-0.39, 0.29) is 51.9 Å². The first-order chi connectivity index (χ1) is 19.6. The Morgan fingerprint density at radius 3 is 2.66 bits per heavy atom. The highest BCUT2D eigenvalue weighted by Crippen LogP contribution is 2.37. The molecule has 0 spiro atoms. The number of para-hydroxylation sites is 1. The molecular weight excluding hydrogens is 535 g/mol. The molecule has 12 heteroatoms. The standard InChI is InChI=1S/C29H26F3N7O2/c1-17(2)10-18(13-33)28(40)38-15-29(31,32)12-19(38)14-39-27-24(26(34)35-16-36-27)25(37-39)22-9-8-21(11-23(22)30)41-20-6-4-3-5-7-20/h3-11,16-17,19H,12,14-15H2,1-2H3,(H2,34,35,36)/b18-10-/t19-/m1/s1. The molecule has 210 valence electrons. The van der Waals surface area contributed by atoms with Crippen LogP contribution in [0.4, 0.5) is 19.0 Å². The Kier molecular flexibility index (Phi) is 7.36. The van der Waals surface area contributed by atoms with Gasteiger partial charge in [0.1, 0.15) is 46.8 Å². The van der Waals surface area contributed by atoms with E-state index in [0.29, 0.717) is 5.75 Å². The van der Waals surface area contributed by atoms with Crippen molar-refractivity contribution in [3.8, 4) is 28.8 Å². The minimum atomic E-state index is -3.17. The maximum Gasteiger partial charge on any atom is 0.267 e. The number of nitrogens with two attached hydrogens (primary N) is 1. The molecular formula is C29H26F3N7O2. The first-order valence-electron chi connectivity index (χ1n) is 12.9. The number of nitriles is 1. The van der Waals surface area contributed by atoms with E-state index in [1.165, 1.54) is 29.2 Å². The van der Waals surface area contributed by atoms with Gasteiger partial charge in [-0.3, -0.25) is 4.79 Å². The van der Waals surface area contributed by atoms with Crippen LogP contribution in [0.1, 0.15) is 20.3 Å². The molecule has 2 aromatic heterocycles. The summed E-state index contributed by atoms with van der Waals surface area (Å²) >= 11 is 0. The lowest BCUT2D eigenvalue weighted by Gasteiger charge is -2.24. The molecule has 5 rings (SSSR count). The van der Waals surface area contributed by atoms with Crippen molar-refractivity contribution in [1.82, 2.24) is 24.6 Å². The van der Waals surface area contributed by atoms with Crippen molar-refractivity contribution in [2.75, 3.05) is 12.3 Å². The Morgan fingerprint density at radius 2 is 1.98 bits per heavy atom. The molecule has 1 saturated heterocycles. The number of rotatable bonds is 7. The van der Waals surface area contributed by atoms with Crippen LogP contribution in [-0.4, -0.2) is 49.1 Å². The smallest absolute Gasteiger partial charge is 0.267 e. The number of halogens is 3. The summed E-state index contributed by atoms with van der Waals surface area (Å²) in [7, 11) is 0. The molecule has 3 heterocycles. The molecule has 0 aliphatic carbocycles. The number of nitrogen functional groups attached to an aromatic ring is 1. The van der Waals surface area contributed by atoms with Crippen LogP contribution in [0.2, 0.25) is 0 Å². The van der Waals surface area contributed by atoms with Crippen LogP contribution in [-0.2, 0) is 11.3 Å². The summed E-state index contributed by atoms with van der Waals surface area (Å²) in [6.07, 6.45) is 1.99. The van der Waals surface area contributed by atoms with Gasteiger partial charge in [-0.2, -0.15) is 10.4 Å². The number of hydrogen-bond donors (Lipinski definition) is 1. The predicted octanol–water partition coefficient (Wildman–Crippen LogP) is 5.35. The van der Waals surface area contributed by atoms with Crippen LogP contribution >= 0.6 is 0 Å². The summed E-state index contributed by atoms with van der Waals surface area (Å²) < 4.78 is 51.6. The van der Waals surface area contributed by atoms with Gasteiger partial charge in [-0.25, -0.2) is 27.8 Å². The number of benzene rings is 2. The molecule has 1 aliphatic heterocycles. The molecule has 1 atom stereocenters. The van der Waals surface area contributed by atoms with Gasteiger partial charge < -0.3 is 15.4 Å². The van der Waals surface area contributed by atoms with Crippen LogP contribution in [0.25, 0.3) is 22.3 Å². The van der Waals surface area contributed by atoms with Crippen molar-refractivity contribution in [3.05, 3.63) is 72.3 Å². The van der Waals surface area contributed by atoms with Crippen LogP contribution in [0.3, 0.4) is 0 Å². The summed E-state index contributed by atoms with van der Waals surface area (Å²) in [4.78, 5) is 22.4. The molecule has 41 heavy (non-hydrogen) atoms. The Labute approximate surface area is 233 Å². The van der Waals surface area contributed by atoms with E-state index >= 15 is 4.39 Å². The second-order valence-electron chi connectivity index (χ2n) is 10.1. The summed E-state index contributed by atoms with van der Waals surface area (Å²) in [6.45, 7) is 2.53. The Bertz CT molecular complexity index is 1680. The molecule has 1 aliphatic rings. The number of ether oxygens (including phenoxy) is 1. The fourth-order valence-corrected chi connectivity index (χ4v) is 4.86. The third kappa shape index (κ3) is 5.70. The van der Waals surface area contributed by atoms with E-state index in [1.807, 2.05) is 12.1 Å². The maximum absolute atomic E-state index is 15.4. The quantitative estimate of drug-likeness (QED) is 0.238. The molecule has 9 nitrogen and oxygen atoms in total. The van der Waals surface area contributed by atoms with Gasteiger partial charge in [0, 0.05) is 18.1 Å². The third-order valence-electron chi connectivity index (χ3n) is 6.61. The number of amides is 1. The van der Waals surface area contributed by atoms with E-state index in [9.17, 15) is 18.8 Å². The highest BCUT2D eigenvalue weighted by atomic mass is 19.3. The molecule has 0 radical (unpaired) electrons. The van der Waals surface area contributed by atoms with Crippen molar-refractivity contribution < 1.29 is 22.7 Å². The first-order valence-corrected chi connectivity index (χ1v) is 12.9. The van der Waals surface area contributed by atoms with Gasteiger partial charge in [-0.1, -0.05) is 38.1 Å². The average Bonchev–Trinajstić information content (AvgIpc) is 3.44. The monoisotopic (exact) mass is 561 g/mol. The van der Waals surface area contributed by atoms with Gasteiger partial charge in [0.25, 0.3) is 11.8 Å². The van der Waals surface area contributed by atoms with Crippen molar-refractivity contribution in [1.29, 1.82) is 5.26 Å². The van der Waals surface area contributed by atoms with Crippen molar-refractivity contribution in [3.63, 3.8) is 0 Å². The number of anilines is 1. The predicted molar refractivity (Wildman–Crippen MR) is 145 cm³/mol. The zero-order valence-corrected chi connectivity index (χ0v) is 22.3. The highest BCUT2D eigenvalue weighted by Gasteiger charge is 2.48. The number of alkyl halides is 2. The van der Waals surface area contributed by atoms with Gasteiger partial charge in [0.2, 0.25) is 0 Å². The maximum atomic E-state index is 15.4. The number of nitrogens with zero attached hydrogens (tertiary/aromatic N) is 6. The fraction of sp³-hybridized carbons (Fsp3) is 0.276. The van der Waals surface area contributed by atoms with Crippen LogP contribution in [0, 0.1) is 23.1 Å². The third-order valence-corrected chi connectivity index (χ3v) is 6.61. The fourth-order valence-electron chi connectivity index (χ4n) is 4.86. The second kappa shape index (κ2) is 10.9. The number of fused-ring (bicyclic) bond motifs is 1. The average molecular weight is 562 g/mol. The first kappa shape index (κ1) is 27.6. The summed E-state index contributed by atoms with van der Waals surface area (Å²) in [6, 6.07) is 13.9. The summed E-state index contributed by atoms with van der Waals surface area (Å²) in [5.74, 6) is -3.93. The number of carbonyl (C=O) groups is 1. The minimum Gasteiger partial charge on any atom is -0.457 e. The highest BCUT2D eigenvalue weighted by molar-refractivity contribution is 5.99. The van der Waals surface area contributed by atoms with Gasteiger partial charge in [0.05, 0.1) is 24.5 Å². The van der Waals surface area contributed by atoms with Gasteiger partial charge in [-0.05, 0) is 30.2 Å². The van der Waals surface area contributed by atoms with Crippen LogP contribution in [0.15, 0.2) is 66.5 Å². The molecule has 1 amide bonds. The topological polar surface area (TPSA) is 123 Å². The van der Waals surface area contributed by atoms with E-state index in [2.05, 4.69) is 15.1 Å². The van der Waals surface area contributed by atoms with Crippen LogP contribution < -0.4 is 10.5 Å². The van der Waals surface area contributed by atoms with Gasteiger partial charge in [0.15, 0.2) is 5.65 Å². The van der Waals surface area contributed by atoms with E-state index < -0.39 is 36.7 Å². The Hall–Kier alpha value is -4.92. The molecule has 0 unspecified atom stereocenters. The summed E-state index contributed by atoms with van der Waals surface area (Å²) in [5, 5.41) is 14.2. The van der Waals surface area contributed by atoms with Crippen molar-refractivity contribution in [2.24, 2.45) is 5.92 Å². The van der Waals surface area contributed by atoms with Crippen molar-refractivity contribution in [2.45, 2.75) is 38.8 Å². The molecule has 4 aromatic rings. The summed E-state index contributed by atoms with van der Waals surface area (Å²) in [5.41, 5.74) is 6.31. The number of hydrogen-bond acceptors (Lipinski definition) is 7. The Morgan fingerprint density at radius 1 is 1.22 bits per heavy atom. The van der Waals surface area contributed by atoms with E-state index in [4.69, 9.17) is 10.5 Å². The number of aromatic nitrogens is 4. The Balaban J connectivity index is 1.51. The SMILES string of the molecule is CC(C)/C=C(/C#N)C(=O)N1CC(F)(F)C[C@@H]1Cn1nc(-c2ccc(Oc3ccccc3)cc2F)c2c(N)ncnc21. The second-order valence-corrected chi connectivity index (χ2v) is 10.1. The zero-order chi connectivity index (χ0) is 29.3. The molecule has 2 N–H and O–H groups in total. The lowest BCUT2D eigenvalue weighted by atomic mass is 10.1. The van der Waals surface area contributed by atoms with E-state index in [0.717, 1.165) is 4.90 Å². The van der Waals surface area contributed by atoms with Gasteiger partial charge >= 0.3 is 0 Å². The minimum absolute atomic E-state index is 0.0246. The van der Waals surface area contributed by atoms with Crippen LogP contribution in [0.5, 0.6) is 11.5 Å². The van der Waals surface area contributed by atoms with Crippen molar-refractivity contribution >= 4 is 22.8 Å².